The van der Waals surface area contributed by atoms with Gasteiger partial charge in [0.15, 0.2) is 0 Å². The standard InChI is InChI=1S/C19H30N2/c1-18(2)10-5-11-19(14-18,15-20)21-12-8-16-6-3-4-7-17(16)9-13-21/h3-4,6-7H,5,8-15,20H2,1-2H3. The van der Waals surface area contributed by atoms with Crippen LogP contribution >= 0.6 is 0 Å². The van der Waals surface area contributed by atoms with Crippen molar-refractivity contribution in [2.45, 2.75) is 57.9 Å². The Morgan fingerprint density at radius 2 is 1.67 bits per heavy atom. The van der Waals surface area contributed by atoms with Gasteiger partial charge in [-0.1, -0.05) is 44.5 Å². The van der Waals surface area contributed by atoms with Gasteiger partial charge in [0.2, 0.25) is 0 Å². The number of nitrogens with zero attached hydrogens (tertiary/aromatic N) is 1. The Labute approximate surface area is 129 Å². The number of hydrogen-bond acceptors (Lipinski definition) is 2. The number of rotatable bonds is 2. The lowest BCUT2D eigenvalue weighted by atomic mass is 9.67. The van der Waals surface area contributed by atoms with Crippen LogP contribution in [0.15, 0.2) is 24.3 Å². The Hall–Kier alpha value is -0.860. The van der Waals surface area contributed by atoms with Crippen molar-refractivity contribution in [1.82, 2.24) is 4.90 Å². The highest BCUT2D eigenvalue weighted by Gasteiger charge is 2.43. The normalized spacial score (nSPS) is 29.7. The molecule has 2 N–H and O–H groups in total. The predicted molar refractivity (Wildman–Crippen MR) is 89.5 cm³/mol. The van der Waals surface area contributed by atoms with Crippen LogP contribution in [0.1, 0.15) is 50.7 Å². The van der Waals surface area contributed by atoms with Crippen molar-refractivity contribution >= 4 is 0 Å². The van der Waals surface area contributed by atoms with Gasteiger partial charge in [-0.2, -0.15) is 0 Å². The van der Waals surface area contributed by atoms with E-state index < -0.39 is 0 Å². The van der Waals surface area contributed by atoms with Gasteiger partial charge in [0.25, 0.3) is 0 Å². The van der Waals surface area contributed by atoms with Crippen LogP contribution < -0.4 is 5.73 Å². The Morgan fingerprint density at radius 3 is 2.19 bits per heavy atom. The molecule has 3 rings (SSSR count). The minimum Gasteiger partial charge on any atom is -0.329 e. The zero-order chi connectivity index (χ0) is 14.9. The maximum absolute atomic E-state index is 6.30. The van der Waals surface area contributed by atoms with E-state index in [0.29, 0.717) is 5.41 Å². The molecule has 0 bridgehead atoms. The molecule has 0 saturated heterocycles. The Kier molecular flexibility index (Phi) is 4.11. The Bertz CT molecular complexity index is 467. The van der Waals surface area contributed by atoms with E-state index in [1.165, 1.54) is 51.6 Å². The van der Waals surface area contributed by atoms with Gasteiger partial charge in [0.05, 0.1) is 0 Å². The average Bonchev–Trinajstić information content (AvgIpc) is 2.69. The molecule has 1 aromatic carbocycles. The third kappa shape index (κ3) is 3.02. The van der Waals surface area contributed by atoms with Crippen molar-refractivity contribution in [3.05, 3.63) is 35.4 Å². The molecule has 1 aromatic rings. The van der Waals surface area contributed by atoms with Crippen LogP contribution in [0.3, 0.4) is 0 Å². The van der Waals surface area contributed by atoms with Crippen molar-refractivity contribution in [2.24, 2.45) is 11.1 Å². The number of nitrogens with two attached hydrogens (primary N) is 1. The van der Waals surface area contributed by atoms with Gasteiger partial charge < -0.3 is 5.73 Å². The molecule has 1 fully saturated rings. The van der Waals surface area contributed by atoms with Gasteiger partial charge >= 0.3 is 0 Å². The Morgan fingerprint density at radius 1 is 1.05 bits per heavy atom. The summed E-state index contributed by atoms with van der Waals surface area (Å²) in [5.41, 5.74) is 10.1. The first kappa shape index (κ1) is 15.1. The summed E-state index contributed by atoms with van der Waals surface area (Å²) in [6.07, 6.45) is 7.57. The molecule has 1 aliphatic carbocycles. The van der Waals surface area contributed by atoms with Gasteiger partial charge in [0.1, 0.15) is 0 Å². The maximum atomic E-state index is 6.30. The molecule has 116 valence electrons. The van der Waals surface area contributed by atoms with Gasteiger partial charge in [-0.05, 0) is 48.6 Å². The van der Waals surface area contributed by atoms with Crippen LogP contribution in [0.5, 0.6) is 0 Å². The minimum absolute atomic E-state index is 0.240. The van der Waals surface area contributed by atoms with Crippen LogP contribution in [0.2, 0.25) is 0 Å². The van der Waals surface area contributed by atoms with E-state index in [9.17, 15) is 0 Å². The second-order valence-electron chi connectivity index (χ2n) is 7.88. The molecule has 0 spiro atoms. The van der Waals surface area contributed by atoms with E-state index >= 15 is 0 Å². The smallest absolute Gasteiger partial charge is 0.0337 e. The lowest BCUT2D eigenvalue weighted by Gasteiger charge is -2.51. The highest BCUT2D eigenvalue weighted by Crippen LogP contribution is 2.44. The maximum Gasteiger partial charge on any atom is 0.0337 e. The van der Waals surface area contributed by atoms with E-state index in [0.717, 1.165) is 6.54 Å². The quantitative estimate of drug-likeness (QED) is 0.903. The fraction of sp³-hybridized carbons (Fsp3) is 0.684. The minimum atomic E-state index is 0.240. The first-order chi connectivity index (χ1) is 10.0. The molecule has 1 unspecified atom stereocenters. The zero-order valence-electron chi connectivity index (χ0n) is 13.7. The lowest BCUT2D eigenvalue weighted by molar-refractivity contribution is 0.0124. The molecular formula is C19H30N2. The van der Waals surface area contributed by atoms with Crippen molar-refractivity contribution in [3.8, 4) is 0 Å². The van der Waals surface area contributed by atoms with Gasteiger partial charge in [0, 0.05) is 25.2 Å². The first-order valence-electron chi connectivity index (χ1n) is 8.57. The molecule has 0 amide bonds. The molecule has 0 radical (unpaired) electrons. The molecule has 2 heteroatoms. The monoisotopic (exact) mass is 286 g/mol. The summed E-state index contributed by atoms with van der Waals surface area (Å²) in [4.78, 5) is 2.73. The van der Waals surface area contributed by atoms with Crippen molar-refractivity contribution in [1.29, 1.82) is 0 Å². The first-order valence-corrected chi connectivity index (χ1v) is 8.57. The molecule has 1 saturated carbocycles. The molecule has 1 heterocycles. The fourth-order valence-electron chi connectivity index (χ4n) is 4.68. The van der Waals surface area contributed by atoms with Crippen molar-refractivity contribution in [2.75, 3.05) is 19.6 Å². The summed E-state index contributed by atoms with van der Waals surface area (Å²) >= 11 is 0. The average molecular weight is 286 g/mol. The summed E-state index contributed by atoms with van der Waals surface area (Å²) in [6.45, 7) is 7.99. The van der Waals surface area contributed by atoms with Crippen LogP contribution in [-0.4, -0.2) is 30.1 Å². The fourth-order valence-corrected chi connectivity index (χ4v) is 4.68. The summed E-state index contributed by atoms with van der Waals surface area (Å²) in [7, 11) is 0. The van der Waals surface area contributed by atoms with E-state index in [1.807, 2.05) is 0 Å². The molecule has 2 nitrogen and oxygen atoms in total. The molecule has 2 aliphatic rings. The molecule has 0 aromatic heterocycles. The third-order valence-electron chi connectivity index (χ3n) is 5.77. The summed E-state index contributed by atoms with van der Waals surface area (Å²) in [6, 6.07) is 8.96. The SMILES string of the molecule is CC1(C)CCCC(CN)(N2CCc3ccccc3CC2)C1. The summed E-state index contributed by atoms with van der Waals surface area (Å²) in [5.74, 6) is 0. The third-order valence-corrected chi connectivity index (χ3v) is 5.77. The summed E-state index contributed by atoms with van der Waals surface area (Å²) < 4.78 is 0. The number of benzene rings is 1. The molecular weight excluding hydrogens is 256 g/mol. The van der Waals surface area contributed by atoms with Crippen LogP contribution in [0, 0.1) is 5.41 Å². The summed E-state index contributed by atoms with van der Waals surface area (Å²) in [5, 5.41) is 0. The lowest BCUT2D eigenvalue weighted by Crippen LogP contribution is -2.58. The molecule has 1 atom stereocenters. The highest BCUT2D eigenvalue weighted by molar-refractivity contribution is 5.29. The van der Waals surface area contributed by atoms with Gasteiger partial charge in [-0.15, -0.1) is 0 Å². The van der Waals surface area contributed by atoms with E-state index in [-0.39, 0.29) is 5.54 Å². The second-order valence-corrected chi connectivity index (χ2v) is 7.88. The van der Waals surface area contributed by atoms with Crippen molar-refractivity contribution < 1.29 is 0 Å². The molecule has 21 heavy (non-hydrogen) atoms. The second kappa shape index (κ2) is 5.73. The van der Waals surface area contributed by atoms with E-state index in [2.05, 4.69) is 43.0 Å². The van der Waals surface area contributed by atoms with Crippen LogP contribution in [0.25, 0.3) is 0 Å². The zero-order valence-corrected chi connectivity index (χ0v) is 13.7. The van der Waals surface area contributed by atoms with E-state index in [4.69, 9.17) is 5.73 Å². The number of hydrogen-bond donors (Lipinski definition) is 1. The van der Waals surface area contributed by atoms with Crippen LogP contribution in [-0.2, 0) is 12.8 Å². The number of fused-ring (bicyclic) bond motifs is 1. The predicted octanol–water partition coefficient (Wildman–Crippen LogP) is 3.38. The van der Waals surface area contributed by atoms with Crippen LogP contribution in [0.4, 0.5) is 0 Å². The van der Waals surface area contributed by atoms with E-state index in [1.54, 1.807) is 11.1 Å². The van der Waals surface area contributed by atoms with Gasteiger partial charge in [-0.3, -0.25) is 4.90 Å². The Balaban J connectivity index is 1.80. The topological polar surface area (TPSA) is 29.3 Å². The highest BCUT2D eigenvalue weighted by atomic mass is 15.2. The van der Waals surface area contributed by atoms with Gasteiger partial charge in [-0.25, -0.2) is 0 Å². The van der Waals surface area contributed by atoms with Crippen molar-refractivity contribution in [3.63, 3.8) is 0 Å². The largest absolute Gasteiger partial charge is 0.329 e. The molecule has 1 aliphatic heterocycles.